The lowest BCUT2D eigenvalue weighted by Crippen LogP contribution is -2.27. The van der Waals surface area contributed by atoms with E-state index in [1.54, 1.807) is 0 Å². The standard InChI is InChI=1S/C15H21N3O/c1-4-16-10-11(2)15(19)9-13-12-7-5-6-8-14(12)18(3)17-13/h5-8,11,16H,4,9-10H2,1-3H3. The van der Waals surface area contributed by atoms with Crippen molar-refractivity contribution in [1.82, 2.24) is 15.1 Å². The molecule has 102 valence electrons. The molecular formula is C15H21N3O. The van der Waals surface area contributed by atoms with E-state index in [1.165, 1.54) is 0 Å². The van der Waals surface area contributed by atoms with Gasteiger partial charge in [0.05, 0.1) is 17.6 Å². The molecule has 0 bridgehead atoms. The van der Waals surface area contributed by atoms with Gasteiger partial charge in [-0.25, -0.2) is 0 Å². The van der Waals surface area contributed by atoms with Crippen molar-refractivity contribution in [3.63, 3.8) is 0 Å². The van der Waals surface area contributed by atoms with Crippen molar-refractivity contribution in [3.05, 3.63) is 30.0 Å². The van der Waals surface area contributed by atoms with Crippen LogP contribution in [0.1, 0.15) is 19.5 Å². The van der Waals surface area contributed by atoms with Crippen LogP contribution in [0.15, 0.2) is 24.3 Å². The molecule has 0 spiro atoms. The minimum absolute atomic E-state index is 0.0284. The maximum absolute atomic E-state index is 12.2. The van der Waals surface area contributed by atoms with Crippen LogP contribution in [0, 0.1) is 5.92 Å². The zero-order valence-electron chi connectivity index (χ0n) is 11.8. The number of hydrogen-bond donors (Lipinski definition) is 1. The Morgan fingerprint density at radius 1 is 1.42 bits per heavy atom. The Bertz CT molecular complexity index is 574. The van der Waals surface area contributed by atoms with Gasteiger partial charge in [0.25, 0.3) is 0 Å². The Kier molecular flexibility index (Phi) is 4.32. The Hall–Kier alpha value is -1.68. The smallest absolute Gasteiger partial charge is 0.142 e. The summed E-state index contributed by atoms with van der Waals surface area (Å²) in [6.45, 7) is 5.64. The van der Waals surface area contributed by atoms with Gasteiger partial charge in [0.15, 0.2) is 0 Å². The number of carbonyl (C=O) groups excluding carboxylic acids is 1. The fraction of sp³-hybridized carbons (Fsp3) is 0.467. The number of aryl methyl sites for hydroxylation is 1. The van der Waals surface area contributed by atoms with Crippen molar-refractivity contribution >= 4 is 16.7 Å². The second kappa shape index (κ2) is 5.97. The summed E-state index contributed by atoms with van der Waals surface area (Å²) in [5.74, 6) is 0.269. The van der Waals surface area contributed by atoms with Crippen LogP contribution in [0.25, 0.3) is 10.9 Å². The second-order valence-corrected chi connectivity index (χ2v) is 4.94. The average molecular weight is 259 g/mol. The van der Waals surface area contributed by atoms with Crippen molar-refractivity contribution in [2.45, 2.75) is 20.3 Å². The van der Waals surface area contributed by atoms with Crippen LogP contribution < -0.4 is 5.32 Å². The molecule has 0 amide bonds. The summed E-state index contributed by atoms with van der Waals surface area (Å²) in [6.07, 6.45) is 0.411. The van der Waals surface area contributed by atoms with Gasteiger partial charge in [0, 0.05) is 24.9 Å². The summed E-state index contributed by atoms with van der Waals surface area (Å²) in [6, 6.07) is 8.03. The van der Waals surface area contributed by atoms with Crippen molar-refractivity contribution in [2.75, 3.05) is 13.1 Å². The highest BCUT2D eigenvalue weighted by molar-refractivity contribution is 5.89. The summed E-state index contributed by atoms with van der Waals surface area (Å²) in [7, 11) is 1.92. The third kappa shape index (κ3) is 3.01. The van der Waals surface area contributed by atoms with E-state index in [0.29, 0.717) is 6.42 Å². The molecule has 1 N–H and O–H groups in total. The molecule has 19 heavy (non-hydrogen) atoms. The lowest BCUT2D eigenvalue weighted by molar-refractivity contribution is -0.121. The van der Waals surface area contributed by atoms with Crippen molar-refractivity contribution in [2.24, 2.45) is 13.0 Å². The predicted octanol–water partition coefficient (Wildman–Crippen LogP) is 1.93. The highest BCUT2D eigenvalue weighted by atomic mass is 16.1. The second-order valence-electron chi connectivity index (χ2n) is 4.94. The van der Waals surface area contributed by atoms with Gasteiger partial charge in [0.1, 0.15) is 5.78 Å². The zero-order valence-corrected chi connectivity index (χ0v) is 11.8. The van der Waals surface area contributed by atoms with E-state index in [4.69, 9.17) is 0 Å². The minimum Gasteiger partial charge on any atom is -0.316 e. The van der Waals surface area contributed by atoms with Gasteiger partial charge in [-0.1, -0.05) is 32.0 Å². The number of fused-ring (bicyclic) bond motifs is 1. The molecule has 1 heterocycles. The fourth-order valence-electron chi connectivity index (χ4n) is 2.23. The summed E-state index contributed by atoms with van der Waals surface area (Å²) in [5.41, 5.74) is 1.95. The number of Topliss-reactive ketones (excluding diaryl/α,β-unsaturated/α-hetero) is 1. The van der Waals surface area contributed by atoms with E-state index in [-0.39, 0.29) is 11.7 Å². The monoisotopic (exact) mass is 259 g/mol. The number of nitrogens with one attached hydrogen (secondary N) is 1. The van der Waals surface area contributed by atoms with Crippen LogP contribution in [0.3, 0.4) is 0 Å². The predicted molar refractivity (Wildman–Crippen MR) is 77.1 cm³/mol. The quantitative estimate of drug-likeness (QED) is 0.862. The Morgan fingerprint density at radius 3 is 2.89 bits per heavy atom. The summed E-state index contributed by atoms with van der Waals surface area (Å²) < 4.78 is 1.84. The number of rotatable bonds is 6. The number of nitrogens with zero attached hydrogens (tertiary/aromatic N) is 2. The van der Waals surface area contributed by atoms with Gasteiger partial charge in [-0.2, -0.15) is 5.10 Å². The Labute approximate surface area is 113 Å². The van der Waals surface area contributed by atoms with Crippen LogP contribution in [0.2, 0.25) is 0 Å². The molecule has 0 fully saturated rings. The molecule has 1 aromatic heterocycles. The molecule has 1 atom stereocenters. The first kappa shape index (κ1) is 13.7. The lowest BCUT2D eigenvalue weighted by Gasteiger charge is -2.09. The van der Waals surface area contributed by atoms with Gasteiger partial charge in [-0.3, -0.25) is 9.48 Å². The van der Waals surface area contributed by atoms with Gasteiger partial charge in [-0.15, -0.1) is 0 Å². The lowest BCUT2D eigenvalue weighted by atomic mass is 10.0. The summed E-state index contributed by atoms with van der Waals surface area (Å²) >= 11 is 0. The van der Waals surface area contributed by atoms with Gasteiger partial charge in [0.2, 0.25) is 0 Å². The molecule has 0 saturated heterocycles. The third-order valence-electron chi connectivity index (χ3n) is 3.43. The van der Waals surface area contributed by atoms with Crippen LogP contribution in [0.5, 0.6) is 0 Å². The van der Waals surface area contributed by atoms with Gasteiger partial charge < -0.3 is 5.32 Å². The van der Waals surface area contributed by atoms with Crippen molar-refractivity contribution < 1.29 is 4.79 Å². The first-order valence-electron chi connectivity index (χ1n) is 6.77. The number of aromatic nitrogens is 2. The van der Waals surface area contributed by atoms with Crippen LogP contribution >= 0.6 is 0 Å². The molecule has 4 heteroatoms. The molecular weight excluding hydrogens is 238 g/mol. The number of benzene rings is 1. The number of para-hydroxylation sites is 1. The van der Waals surface area contributed by atoms with Crippen LogP contribution in [0.4, 0.5) is 0 Å². The van der Waals surface area contributed by atoms with E-state index >= 15 is 0 Å². The normalized spacial score (nSPS) is 12.8. The van der Waals surface area contributed by atoms with Crippen LogP contribution in [-0.4, -0.2) is 28.7 Å². The first-order chi connectivity index (χ1) is 9.13. The summed E-state index contributed by atoms with van der Waals surface area (Å²) in [4.78, 5) is 12.2. The summed E-state index contributed by atoms with van der Waals surface area (Å²) in [5, 5.41) is 8.76. The Balaban J connectivity index is 2.15. The van der Waals surface area contributed by atoms with E-state index < -0.39 is 0 Å². The van der Waals surface area contributed by atoms with Gasteiger partial charge >= 0.3 is 0 Å². The van der Waals surface area contributed by atoms with E-state index in [0.717, 1.165) is 29.7 Å². The van der Waals surface area contributed by atoms with Crippen molar-refractivity contribution in [3.8, 4) is 0 Å². The molecule has 1 unspecified atom stereocenters. The largest absolute Gasteiger partial charge is 0.316 e. The zero-order chi connectivity index (χ0) is 13.8. The van der Waals surface area contributed by atoms with Crippen LogP contribution in [-0.2, 0) is 18.3 Å². The van der Waals surface area contributed by atoms with Crippen molar-refractivity contribution in [1.29, 1.82) is 0 Å². The third-order valence-corrected chi connectivity index (χ3v) is 3.43. The maximum Gasteiger partial charge on any atom is 0.142 e. The minimum atomic E-state index is 0.0284. The fourth-order valence-corrected chi connectivity index (χ4v) is 2.23. The van der Waals surface area contributed by atoms with E-state index in [9.17, 15) is 4.79 Å². The molecule has 0 radical (unpaired) electrons. The maximum atomic E-state index is 12.2. The van der Waals surface area contributed by atoms with E-state index in [2.05, 4.69) is 10.4 Å². The average Bonchev–Trinajstić information content (AvgIpc) is 2.73. The Morgan fingerprint density at radius 2 is 2.16 bits per heavy atom. The number of ketones is 1. The molecule has 0 saturated carbocycles. The number of hydrogen-bond acceptors (Lipinski definition) is 3. The first-order valence-corrected chi connectivity index (χ1v) is 6.77. The molecule has 2 aromatic rings. The van der Waals surface area contributed by atoms with E-state index in [1.807, 2.05) is 49.8 Å². The molecule has 1 aromatic carbocycles. The highest BCUT2D eigenvalue weighted by Gasteiger charge is 2.16. The van der Waals surface area contributed by atoms with Gasteiger partial charge in [-0.05, 0) is 12.6 Å². The SMILES string of the molecule is CCNCC(C)C(=O)Cc1nn(C)c2ccccc12. The topological polar surface area (TPSA) is 46.9 Å². The molecule has 0 aliphatic carbocycles. The number of carbonyl (C=O) groups is 1. The molecule has 4 nitrogen and oxygen atoms in total. The molecule has 2 rings (SSSR count). The molecule has 0 aliphatic heterocycles. The molecule has 0 aliphatic rings. The highest BCUT2D eigenvalue weighted by Crippen LogP contribution is 2.18.